The maximum Gasteiger partial charge on any atom is 0.407 e. The summed E-state index contributed by atoms with van der Waals surface area (Å²) in [5.74, 6) is 0. The summed E-state index contributed by atoms with van der Waals surface area (Å²) in [6.07, 6.45) is -4.30. The average molecular weight is 296 g/mol. The summed E-state index contributed by atoms with van der Waals surface area (Å²) in [7, 11) is 0. The maximum absolute atomic E-state index is 12.4. The van der Waals surface area contributed by atoms with E-state index in [4.69, 9.17) is 0 Å². The number of halogens is 4. The molecule has 0 saturated heterocycles. The van der Waals surface area contributed by atoms with Crippen LogP contribution < -0.4 is 0 Å². The molecule has 1 aromatic carbocycles. The van der Waals surface area contributed by atoms with E-state index in [-0.39, 0.29) is 5.01 Å². The molecule has 0 radical (unpaired) electrons. The average Bonchev–Trinajstić information content (AvgIpc) is 2.58. The van der Waals surface area contributed by atoms with Gasteiger partial charge in [-0.15, -0.1) is 11.3 Å². The Labute approximate surface area is 96.1 Å². The van der Waals surface area contributed by atoms with Gasteiger partial charge in [-0.3, -0.25) is 0 Å². The molecule has 6 heteroatoms. The topological polar surface area (TPSA) is 12.9 Å². The van der Waals surface area contributed by atoms with E-state index < -0.39 is 11.0 Å². The molecule has 0 fully saturated rings. The Balaban J connectivity index is 2.45. The molecule has 1 unspecified atom stereocenters. The van der Waals surface area contributed by atoms with Crippen LogP contribution in [-0.2, 0) is 0 Å². The zero-order chi connectivity index (χ0) is 11.1. The minimum absolute atomic E-state index is 0.0451. The summed E-state index contributed by atoms with van der Waals surface area (Å²) >= 11 is 3.66. The predicted octanol–water partition coefficient (Wildman–Crippen LogP) is 4.29. The fraction of sp³-hybridized carbons (Fsp3) is 0.222. The third-order valence-corrected chi connectivity index (χ3v) is 4.17. The van der Waals surface area contributed by atoms with Crippen LogP contribution in [0, 0.1) is 0 Å². The molecule has 0 amide bonds. The van der Waals surface area contributed by atoms with Crippen LogP contribution in [-0.4, -0.2) is 11.2 Å². The smallest absolute Gasteiger partial charge is 0.240 e. The summed E-state index contributed by atoms with van der Waals surface area (Å²) in [6.45, 7) is 0. The van der Waals surface area contributed by atoms with E-state index in [9.17, 15) is 13.2 Å². The van der Waals surface area contributed by atoms with E-state index in [0.29, 0.717) is 5.52 Å². The lowest BCUT2D eigenvalue weighted by atomic mass is 10.3. The first-order valence-electron chi connectivity index (χ1n) is 4.05. The van der Waals surface area contributed by atoms with E-state index in [0.717, 1.165) is 16.0 Å². The summed E-state index contributed by atoms with van der Waals surface area (Å²) in [5, 5.41) is 0.0451. The third-order valence-electron chi connectivity index (χ3n) is 1.81. The fourth-order valence-electron chi connectivity index (χ4n) is 1.14. The van der Waals surface area contributed by atoms with Crippen molar-refractivity contribution < 1.29 is 13.2 Å². The van der Waals surface area contributed by atoms with Crippen LogP contribution in [0.4, 0.5) is 13.2 Å². The standard InChI is InChI=1S/C9H5BrF3NS/c10-7(9(11,12)13)8-14-5-3-1-2-4-6(5)15-8/h1-4,7H. The van der Waals surface area contributed by atoms with Crippen molar-refractivity contribution in [3.63, 3.8) is 0 Å². The molecule has 1 atom stereocenters. The second-order valence-corrected chi connectivity index (χ2v) is 4.90. The van der Waals surface area contributed by atoms with Crippen molar-refractivity contribution in [2.24, 2.45) is 0 Å². The first-order chi connectivity index (χ1) is 6.98. The molecule has 0 spiro atoms. The Morgan fingerprint density at radius 1 is 1.27 bits per heavy atom. The number of benzene rings is 1. The van der Waals surface area contributed by atoms with E-state index >= 15 is 0 Å². The van der Waals surface area contributed by atoms with Crippen LogP contribution in [0.5, 0.6) is 0 Å². The van der Waals surface area contributed by atoms with Crippen molar-refractivity contribution in [2.45, 2.75) is 11.0 Å². The molecule has 15 heavy (non-hydrogen) atoms. The van der Waals surface area contributed by atoms with Crippen LogP contribution in [0.15, 0.2) is 24.3 Å². The SMILES string of the molecule is FC(F)(F)C(Br)c1nc2ccccc2s1. The van der Waals surface area contributed by atoms with Crippen molar-refractivity contribution in [3.05, 3.63) is 29.3 Å². The van der Waals surface area contributed by atoms with Crippen LogP contribution in [0.2, 0.25) is 0 Å². The Morgan fingerprint density at radius 2 is 1.93 bits per heavy atom. The molecule has 0 saturated carbocycles. The van der Waals surface area contributed by atoms with Gasteiger partial charge in [-0.05, 0) is 12.1 Å². The van der Waals surface area contributed by atoms with Crippen molar-refractivity contribution in [3.8, 4) is 0 Å². The van der Waals surface area contributed by atoms with Crippen LogP contribution in [0.25, 0.3) is 10.2 Å². The number of hydrogen-bond donors (Lipinski definition) is 0. The summed E-state index contributed by atoms with van der Waals surface area (Å²) < 4.78 is 37.9. The number of fused-ring (bicyclic) bond motifs is 1. The molecular formula is C9H5BrF3NS. The molecule has 1 heterocycles. The van der Waals surface area contributed by atoms with Gasteiger partial charge in [-0.1, -0.05) is 28.1 Å². The number of nitrogens with zero attached hydrogens (tertiary/aromatic N) is 1. The van der Waals surface area contributed by atoms with Gasteiger partial charge < -0.3 is 0 Å². The number of thiazole rings is 1. The molecule has 2 rings (SSSR count). The summed E-state index contributed by atoms with van der Waals surface area (Å²) in [4.78, 5) is 2.25. The molecule has 0 N–H and O–H groups in total. The molecule has 1 nitrogen and oxygen atoms in total. The number of rotatable bonds is 1. The maximum atomic E-state index is 12.4. The Kier molecular flexibility index (Phi) is 2.72. The van der Waals surface area contributed by atoms with Crippen LogP contribution >= 0.6 is 27.3 Å². The fourth-order valence-corrected chi connectivity index (χ4v) is 2.49. The molecule has 0 bridgehead atoms. The minimum atomic E-state index is -4.30. The zero-order valence-electron chi connectivity index (χ0n) is 7.25. The van der Waals surface area contributed by atoms with E-state index in [1.54, 1.807) is 24.3 Å². The molecule has 0 aliphatic carbocycles. The first kappa shape index (κ1) is 10.9. The largest absolute Gasteiger partial charge is 0.407 e. The van der Waals surface area contributed by atoms with Gasteiger partial charge in [0.1, 0.15) is 5.01 Å². The number of para-hydroxylation sites is 1. The molecule has 0 aliphatic rings. The third kappa shape index (κ3) is 2.15. The van der Waals surface area contributed by atoms with Gasteiger partial charge >= 0.3 is 6.18 Å². The van der Waals surface area contributed by atoms with Gasteiger partial charge in [0.25, 0.3) is 0 Å². The second kappa shape index (κ2) is 3.75. The molecule has 2 aromatic rings. The predicted molar refractivity (Wildman–Crippen MR) is 57.3 cm³/mol. The molecule has 80 valence electrons. The van der Waals surface area contributed by atoms with Gasteiger partial charge in [0, 0.05) is 0 Å². The lowest BCUT2D eigenvalue weighted by Crippen LogP contribution is -2.14. The van der Waals surface area contributed by atoms with Crippen molar-refractivity contribution >= 4 is 37.5 Å². The lowest BCUT2D eigenvalue weighted by molar-refractivity contribution is -0.128. The van der Waals surface area contributed by atoms with Crippen LogP contribution in [0.3, 0.4) is 0 Å². The highest BCUT2D eigenvalue weighted by atomic mass is 79.9. The number of aromatic nitrogens is 1. The summed E-state index contributed by atoms with van der Waals surface area (Å²) in [5.41, 5.74) is 0.603. The van der Waals surface area contributed by atoms with Crippen molar-refractivity contribution in [1.82, 2.24) is 4.98 Å². The van der Waals surface area contributed by atoms with Crippen LogP contribution in [0.1, 0.15) is 9.83 Å². The van der Waals surface area contributed by atoms with E-state index in [1.807, 2.05) is 0 Å². The Morgan fingerprint density at radius 3 is 2.53 bits per heavy atom. The van der Waals surface area contributed by atoms with E-state index in [2.05, 4.69) is 20.9 Å². The molecule has 0 aliphatic heterocycles. The number of alkyl halides is 4. The monoisotopic (exact) mass is 295 g/mol. The van der Waals surface area contributed by atoms with Gasteiger partial charge in [0.15, 0.2) is 4.83 Å². The Hall–Kier alpha value is -0.620. The highest BCUT2D eigenvalue weighted by Gasteiger charge is 2.40. The zero-order valence-corrected chi connectivity index (χ0v) is 9.66. The highest BCUT2D eigenvalue weighted by Crippen LogP contribution is 2.42. The normalized spacial score (nSPS) is 14.4. The van der Waals surface area contributed by atoms with Crippen molar-refractivity contribution in [2.75, 3.05) is 0 Å². The van der Waals surface area contributed by atoms with Gasteiger partial charge in [-0.2, -0.15) is 13.2 Å². The summed E-state index contributed by atoms with van der Waals surface area (Å²) in [6, 6.07) is 6.99. The Bertz CT molecular complexity index is 446. The van der Waals surface area contributed by atoms with Gasteiger partial charge in [0.2, 0.25) is 0 Å². The van der Waals surface area contributed by atoms with E-state index in [1.165, 1.54) is 0 Å². The minimum Gasteiger partial charge on any atom is -0.240 e. The lowest BCUT2D eigenvalue weighted by Gasteiger charge is -2.10. The second-order valence-electron chi connectivity index (χ2n) is 2.92. The first-order valence-corrected chi connectivity index (χ1v) is 5.78. The van der Waals surface area contributed by atoms with Gasteiger partial charge in [-0.25, -0.2) is 4.98 Å². The number of hydrogen-bond acceptors (Lipinski definition) is 2. The molecule has 1 aromatic heterocycles. The van der Waals surface area contributed by atoms with Crippen molar-refractivity contribution in [1.29, 1.82) is 0 Å². The molecular weight excluding hydrogens is 291 g/mol. The highest BCUT2D eigenvalue weighted by molar-refractivity contribution is 9.09. The quantitative estimate of drug-likeness (QED) is 0.715. The van der Waals surface area contributed by atoms with Gasteiger partial charge in [0.05, 0.1) is 10.2 Å².